The van der Waals surface area contributed by atoms with E-state index in [2.05, 4.69) is 25.3 Å². The van der Waals surface area contributed by atoms with Gasteiger partial charge in [0.2, 0.25) is 0 Å². The zero-order chi connectivity index (χ0) is 24.5. The molecule has 1 aromatic heterocycles. The van der Waals surface area contributed by atoms with E-state index < -0.39 is 35.2 Å². The van der Waals surface area contributed by atoms with Crippen LogP contribution in [0.5, 0.6) is 0 Å². The van der Waals surface area contributed by atoms with Crippen LogP contribution in [0.1, 0.15) is 5.56 Å². The number of H-pyrrole nitrogens is 1. The summed E-state index contributed by atoms with van der Waals surface area (Å²) in [6.45, 7) is 0. The van der Waals surface area contributed by atoms with Crippen molar-refractivity contribution in [2.24, 2.45) is 0 Å². The highest BCUT2D eigenvalue weighted by Crippen LogP contribution is 2.34. The zero-order valence-electron chi connectivity index (χ0n) is 16.8. The van der Waals surface area contributed by atoms with E-state index >= 15 is 0 Å². The molecule has 0 saturated carbocycles. The van der Waals surface area contributed by atoms with E-state index in [9.17, 15) is 31.5 Å². The zero-order valence-corrected chi connectivity index (χ0v) is 16.8. The first-order valence-electron chi connectivity index (χ1n) is 9.50. The molecule has 7 nitrogen and oxygen atoms in total. The number of rotatable bonds is 4. The van der Waals surface area contributed by atoms with Crippen LogP contribution in [0.4, 0.5) is 38.1 Å². The minimum atomic E-state index is -4.49. The number of halogens is 5. The van der Waals surface area contributed by atoms with Crippen molar-refractivity contribution < 1.29 is 31.3 Å². The van der Waals surface area contributed by atoms with E-state index in [0.717, 1.165) is 24.3 Å². The lowest BCUT2D eigenvalue weighted by Crippen LogP contribution is -2.20. The van der Waals surface area contributed by atoms with Gasteiger partial charge in [-0.25, -0.2) is 18.4 Å². The number of alkyl halides is 3. The van der Waals surface area contributed by atoms with Gasteiger partial charge in [0.15, 0.2) is 5.82 Å². The van der Waals surface area contributed by atoms with Crippen molar-refractivity contribution in [2.75, 3.05) is 10.6 Å². The summed E-state index contributed by atoms with van der Waals surface area (Å²) in [5.41, 5.74) is 0.198. The Kier molecular flexibility index (Phi) is 5.88. The van der Waals surface area contributed by atoms with Crippen LogP contribution in [0, 0.1) is 11.6 Å². The molecule has 12 heteroatoms. The average Bonchev–Trinajstić information content (AvgIpc) is 3.19. The maximum atomic E-state index is 13.4. The van der Waals surface area contributed by atoms with Gasteiger partial charge in [0.05, 0.1) is 11.3 Å². The molecule has 0 saturated heterocycles. The SMILES string of the molecule is O=C(Nc1cc(F)cc(F)c1)Nc1ccc(-c2ccc(C(F)(F)F)cc2)cc1-c1noc(=O)[nH]1. The molecule has 4 rings (SSSR count). The third kappa shape index (κ3) is 5.11. The molecule has 0 fully saturated rings. The number of nitrogens with zero attached hydrogens (tertiary/aromatic N) is 1. The molecule has 4 aromatic rings. The third-order valence-corrected chi connectivity index (χ3v) is 4.63. The van der Waals surface area contributed by atoms with Crippen molar-refractivity contribution in [3.05, 3.63) is 88.4 Å². The summed E-state index contributed by atoms with van der Waals surface area (Å²) in [4.78, 5) is 26.1. The van der Waals surface area contributed by atoms with Crippen molar-refractivity contribution in [3.63, 3.8) is 0 Å². The molecule has 2 amide bonds. The molecule has 0 unspecified atom stereocenters. The molecule has 0 aliphatic heterocycles. The van der Waals surface area contributed by atoms with E-state index in [1.165, 1.54) is 30.3 Å². The van der Waals surface area contributed by atoms with Crippen LogP contribution in [0.2, 0.25) is 0 Å². The van der Waals surface area contributed by atoms with Crippen molar-refractivity contribution in [2.45, 2.75) is 6.18 Å². The number of urea groups is 1. The van der Waals surface area contributed by atoms with Crippen LogP contribution >= 0.6 is 0 Å². The Morgan fingerprint density at radius 1 is 0.882 bits per heavy atom. The smallest absolute Gasteiger partial charge is 0.308 e. The highest BCUT2D eigenvalue weighted by molar-refractivity contribution is 6.02. The summed E-state index contributed by atoms with van der Waals surface area (Å²) in [5.74, 6) is -2.72. The maximum absolute atomic E-state index is 13.4. The Balaban J connectivity index is 1.66. The van der Waals surface area contributed by atoms with Crippen LogP contribution in [0.25, 0.3) is 22.5 Å². The van der Waals surface area contributed by atoms with Crippen molar-refractivity contribution >= 4 is 17.4 Å². The van der Waals surface area contributed by atoms with Gasteiger partial charge in [-0.05, 0) is 47.5 Å². The summed E-state index contributed by atoms with van der Waals surface area (Å²) >= 11 is 0. The summed E-state index contributed by atoms with van der Waals surface area (Å²) in [7, 11) is 0. The van der Waals surface area contributed by atoms with E-state index in [1.807, 2.05) is 0 Å². The van der Waals surface area contributed by atoms with Gasteiger partial charge in [-0.3, -0.25) is 9.51 Å². The number of carbonyl (C=O) groups excluding carboxylic acids is 1. The summed E-state index contributed by atoms with van der Waals surface area (Å²) in [5, 5.41) is 8.32. The lowest BCUT2D eigenvalue weighted by atomic mass is 10.00. The first-order valence-corrected chi connectivity index (χ1v) is 9.50. The van der Waals surface area contributed by atoms with Gasteiger partial charge < -0.3 is 10.6 Å². The second-order valence-electron chi connectivity index (χ2n) is 7.02. The van der Waals surface area contributed by atoms with Gasteiger partial charge in [-0.2, -0.15) is 13.2 Å². The molecule has 34 heavy (non-hydrogen) atoms. The number of aromatic nitrogens is 2. The van der Waals surface area contributed by atoms with Crippen molar-refractivity contribution in [1.82, 2.24) is 10.1 Å². The monoisotopic (exact) mass is 476 g/mol. The Morgan fingerprint density at radius 3 is 2.12 bits per heavy atom. The first kappa shape index (κ1) is 22.7. The van der Waals surface area contributed by atoms with E-state index in [0.29, 0.717) is 17.2 Å². The second-order valence-corrected chi connectivity index (χ2v) is 7.02. The summed E-state index contributed by atoms with van der Waals surface area (Å²) in [6.07, 6.45) is -4.49. The molecule has 0 aliphatic carbocycles. The Morgan fingerprint density at radius 2 is 1.53 bits per heavy atom. The van der Waals surface area contributed by atoms with Crippen LogP contribution in [0.3, 0.4) is 0 Å². The Hall–Kier alpha value is -4.48. The number of amides is 2. The Labute approximate surface area is 187 Å². The molecule has 3 N–H and O–H groups in total. The van der Waals surface area contributed by atoms with Crippen LogP contribution in [-0.2, 0) is 6.18 Å². The minimum absolute atomic E-state index is 0.0640. The van der Waals surface area contributed by atoms with Crippen LogP contribution in [0.15, 0.2) is 70.0 Å². The topological polar surface area (TPSA) is 100 Å². The number of nitrogens with one attached hydrogen (secondary N) is 3. The molecule has 3 aromatic carbocycles. The molecule has 0 bridgehead atoms. The molecule has 0 spiro atoms. The second kappa shape index (κ2) is 8.81. The van der Waals surface area contributed by atoms with Crippen molar-refractivity contribution in [3.8, 4) is 22.5 Å². The highest BCUT2D eigenvalue weighted by Gasteiger charge is 2.30. The Bertz CT molecular complexity index is 1390. The molecule has 0 radical (unpaired) electrons. The predicted octanol–water partition coefficient (Wildman–Crippen LogP) is 5.64. The number of benzene rings is 3. The average molecular weight is 476 g/mol. The summed E-state index contributed by atoms with van der Waals surface area (Å²) in [6, 6.07) is 10.4. The van der Waals surface area contributed by atoms with Gasteiger partial charge in [-0.15, -0.1) is 0 Å². The minimum Gasteiger partial charge on any atom is -0.308 e. The largest absolute Gasteiger partial charge is 0.439 e. The van der Waals surface area contributed by atoms with Gasteiger partial charge >= 0.3 is 18.0 Å². The van der Waals surface area contributed by atoms with Gasteiger partial charge in [0.25, 0.3) is 0 Å². The first-order chi connectivity index (χ1) is 16.1. The van der Waals surface area contributed by atoms with Crippen molar-refractivity contribution in [1.29, 1.82) is 0 Å². The van der Waals surface area contributed by atoms with Gasteiger partial charge in [-0.1, -0.05) is 23.4 Å². The van der Waals surface area contributed by atoms with Gasteiger partial charge in [0.1, 0.15) is 11.6 Å². The van der Waals surface area contributed by atoms with Crippen LogP contribution in [-0.4, -0.2) is 16.2 Å². The lowest BCUT2D eigenvalue weighted by Gasteiger charge is -2.13. The third-order valence-electron chi connectivity index (χ3n) is 4.63. The highest BCUT2D eigenvalue weighted by atomic mass is 19.4. The standard InChI is InChI=1S/C22H13F5N4O3/c23-14-8-15(24)10-16(9-14)28-20(32)29-18-6-3-12(7-17(18)19-30-21(33)34-31-19)11-1-4-13(5-2-11)22(25,26)27/h1-10H,(H2,28,29,32)(H,30,31,33). The molecular formula is C22H13F5N4O3. The lowest BCUT2D eigenvalue weighted by molar-refractivity contribution is -0.137. The normalized spacial score (nSPS) is 11.3. The number of anilines is 2. The molecule has 174 valence electrons. The fraction of sp³-hybridized carbons (Fsp3) is 0.0455. The number of hydrogen-bond donors (Lipinski definition) is 3. The number of aromatic amines is 1. The number of hydrogen-bond acceptors (Lipinski definition) is 4. The molecule has 1 heterocycles. The molecule has 0 aliphatic rings. The molecule has 0 atom stereocenters. The van der Waals surface area contributed by atoms with E-state index in [-0.39, 0.29) is 22.8 Å². The quantitative estimate of drug-likeness (QED) is 0.332. The maximum Gasteiger partial charge on any atom is 0.439 e. The number of carbonyl (C=O) groups is 1. The van der Waals surface area contributed by atoms with Gasteiger partial charge in [0, 0.05) is 17.3 Å². The predicted molar refractivity (Wildman–Crippen MR) is 112 cm³/mol. The van der Waals surface area contributed by atoms with E-state index in [1.54, 1.807) is 0 Å². The fourth-order valence-corrected chi connectivity index (χ4v) is 3.14. The molecular weight excluding hydrogens is 463 g/mol. The van der Waals surface area contributed by atoms with E-state index in [4.69, 9.17) is 0 Å². The van der Waals surface area contributed by atoms with Crippen LogP contribution < -0.4 is 16.4 Å². The summed E-state index contributed by atoms with van der Waals surface area (Å²) < 4.78 is 69.8. The fourth-order valence-electron chi connectivity index (χ4n) is 3.14.